The van der Waals surface area contributed by atoms with Gasteiger partial charge in [-0.15, -0.1) is 0 Å². The van der Waals surface area contributed by atoms with Crippen molar-refractivity contribution in [1.29, 1.82) is 10.5 Å². The molecular formula is C20H15N5O. The number of rotatable bonds is 4. The van der Waals surface area contributed by atoms with Gasteiger partial charge < -0.3 is 10.1 Å². The Morgan fingerprint density at radius 3 is 2.23 bits per heavy atom. The molecule has 2 aromatic heterocycles. The lowest BCUT2D eigenvalue weighted by Crippen LogP contribution is -1.97. The van der Waals surface area contributed by atoms with Gasteiger partial charge in [0, 0.05) is 18.5 Å². The Kier molecular flexibility index (Phi) is 4.78. The molecular weight excluding hydrogens is 326 g/mol. The zero-order chi connectivity index (χ0) is 18.5. The van der Waals surface area contributed by atoms with E-state index in [0.29, 0.717) is 28.5 Å². The Balaban J connectivity index is 1.82. The maximum absolute atomic E-state index is 9.05. The van der Waals surface area contributed by atoms with Gasteiger partial charge in [-0.1, -0.05) is 0 Å². The van der Waals surface area contributed by atoms with E-state index >= 15 is 0 Å². The van der Waals surface area contributed by atoms with Gasteiger partial charge in [0.05, 0.1) is 17.2 Å². The Labute approximate surface area is 151 Å². The lowest BCUT2D eigenvalue weighted by Gasteiger charge is -2.13. The van der Waals surface area contributed by atoms with Crippen molar-refractivity contribution in [2.75, 3.05) is 5.32 Å². The topological polar surface area (TPSA) is 94.6 Å². The van der Waals surface area contributed by atoms with E-state index in [-0.39, 0.29) is 0 Å². The van der Waals surface area contributed by atoms with E-state index in [2.05, 4.69) is 21.4 Å². The van der Waals surface area contributed by atoms with Gasteiger partial charge in [-0.2, -0.15) is 10.5 Å². The average molecular weight is 341 g/mol. The van der Waals surface area contributed by atoms with Gasteiger partial charge in [0.2, 0.25) is 0 Å². The van der Waals surface area contributed by atoms with Gasteiger partial charge in [0.1, 0.15) is 29.2 Å². The van der Waals surface area contributed by atoms with Gasteiger partial charge in [-0.3, -0.25) is 0 Å². The van der Waals surface area contributed by atoms with Crippen LogP contribution in [0.3, 0.4) is 0 Å². The van der Waals surface area contributed by atoms with Crippen LogP contribution in [0.5, 0.6) is 11.5 Å². The van der Waals surface area contributed by atoms with Crippen molar-refractivity contribution in [3.8, 4) is 23.6 Å². The second kappa shape index (κ2) is 7.33. The predicted octanol–water partition coefficient (Wildman–Crippen LogP) is 4.37. The number of anilines is 2. The lowest BCUT2D eigenvalue weighted by molar-refractivity contribution is 0.474. The maximum Gasteiger partial charge on any atom is 0.135 e. The molecule has 0 aliphatic heterocycles. The third kappa shape index (κ3) is 3.77. The normalized spacial score (nSPS) is 9.85. The monoisotopic (exact) mass is 341 g/mol. The van der Waals surface area contributed by atoms with E-state index in [1.165, 1.54) is 6.20 Å². The highest BCUT2D eigenvalue weighted by atomic mass is 16.5. The molecule has 1 N–H and O–H groups in total. The van der Waals surface area contributed by atoms with Crippen LogP contribution in [-0.4, -0.2) is 9.97 Å². The van der Waals surface area contributed by atoms with Crippen molar-refractivity contribution in [3.05, 3.63) is 71.0 Å². The molecule has 6 nitrogen and oxygen atoms in total. The molecule has 0 radical (unpaired) electrons. The summed E-state index contributed by atoms with van der Waals surface area (Å²) in [5, 5.41) is 20.9. The van der Waals surface area contributed by atoms with Crippen LogP contribution >= 0.6 is 0 Å². The highest BCUT2D eigenvalue weighted by Crippen LogP contribution is 2.30. The van der Waals surface area contributed by atoms with Crippen LogP contribution in [0.15, 0.2) is 48.8 Å². The molecule has 0 bridgehead atoms. The smallest absolute Gasteiger partial charge is 0.135 e. The number of hydrogen-bond acceptors (Lipinski definition) is 6. The summed E-state index contributed by atoms with van der Waals surface area (Å²) in [5.41, 5.74) is 2.88. The van der Waals surface area contributed by atoms with E-state index in [0.717, 1.165) is 16.9 Å². The molecule has 6 heteroatoms. The molecule has 0 atom stereocenters. The molecule has 1 aromatic carbocycles. The minimum Gasteiger partial charge on any atom is -0.457 e. The van der Waals surface area contributed by atoms with E-state index in [1.54, 1.807) is 42.6 Å². The van der Waals surface area contributed by atoms with Gasteiger partial charge in [0.15, 0.2) is 0 Å². The quantitative estimate of drug-likeness (QED) is 0.757. The molecule has 2 heterocycles. The summed E-state index contributed by atoms with van der Waals surface area (Å²) in [6, 6.07) is 14.7. The molecule has 0 amide bonds. The van der Waals surface area contributed by atoms with Crippen LogP contribution in [0, 0.1) is 36.5 Å². The van der Waals surface area contributed by atoms with E-state index < -0.39 is 0 Å². The zero-order valence-electron chi connectivity index (χ0n) is 14.3. The van der Waals surface area contributed by atoms with Crippen molar-refractivity contribution in [1.82, 2.24) is 9.97 Å². The zero-order valence-corrected chi connectivity index (χ0v) is 14.3. The van der Waals surface area contributed by atoms with Gasteiger partial charge in [-0.25, -0.2) is 9.97 Å². The van der Waals surface area contributed by atoms with E-state index in [9.17, 15) is 0 Å². The fourth-order valence-corrected chi connectivity index (χ4v) is 2.50. The van der Waals surface area contributed by atoms with Crippen LogP contribution in [0.4, 0.5) is 11.6 Å². The Morgan fingerprint density at radius 2 is 1.62 bits per heavy atom. The fourth-order valence-electron chi connectivity index (χ4n) is 2.50. The number of nitriles is 2. The summed E-state index contributed by atoms with van der Waals surface area (Å²) in [5.74, 6) is 2.49. The number of benzene rings is 1. The van der Waals surface area contributed by atoms with Crippen molar-refractivity contribution in [2.45, 2.75) is 13.8 Å². The summed E-state index contributed by atoms with van der Waals surface area (Å²) in [7, 11) is 0. The molecule has 126 valence electrons. The molecule has 0 saturated heterocycles. The first-order valence-electron chi connectivity index (χ1n) is 7.87. The van der Waals surface area contributed by atoms with E-state index in [4.69, 9.17) is 15.3 Å². The third-order valence-electron chi connectivity index (χ3n) is 3.69. The first-order valence-corrected chi connectivity index (χ1v) is 7.87. The first-order chi connectivity index (χ1) is 12.6. The summed E-state index contributed by atoms with van der Waals surface area (Å²) >= 11 is 0. The van der Waals surface area contributed by atoms with Crippen LogP contribution in [-0.2, 0) is 0 Å². The van der Waals surface area contributed by atoms with Crippen molar-refractivity contribution in [2.24, 2.45) is 0 Å². The van der Waals surface area contributed by atoms with Crippen LogP contribution in [0.1, 0.15) is 22.3 Å². The number of hydrogen-bond donors (Lipinski definition) is 1. The third-order valence-corrected chi connectivity index (χ3v) is 3.69. The van der Waals surface area contributed by atoms with Gasteiger partial charge in [-0.05, 0) is 55.3 Å². The minimum absolute atomic E-state index is 0.493. The molecule has 26 heavy (non-hydrogen) atoms. The summed E-state index contributed by atoms with van der Waals surface area (Å²) in [4.78, 5) is 8.41. The molecule has 0 aliphatic carbocycles. The van der Waals surface area contributed by atoms with Crippen LogP contribution in [0.2, 0.25) is 0 Å². The molecule has 3 rings (SSSR count). The number of pyridine rings is 2. The number of aromatic nitrogens is 2. The highest BCUT2D eigenvalue weighted by Gasteiger charge is 2.09. The molecule has 0 saturated carbocycles. The van der Waals surface area contributed by atoms with Crippen LogP contribution in [0.25, 0.3) is 0 Å². The predicted molar refractivity (Wildman–Crippen MR) is 97.2 cm³/mol. The number of ether oxygens (including phenoxy) is 1. The van der Waals surface area contributed by atoms with Gasteiger partial charge >= 0.3 is 0 Å². The Bertz CT molecular complexity index is 1010. The van der Waals surface area contributed by atoms with Crippen LogP contribution < -0.4 is 10.1 Å². The van der Waals surface area contributed by atoms with Crippen molar-refractivity contribution >= 4 is 11.6 Å². The second-order valence-corrected chi connectivity index (χ2v) is 5.70. The Hall–Kier alpha value is -3.90. The maximum atomic E-state index is 9.05. The first kappa shape index (κ1) is 16.9. The average Bonchev–Trinajstić information content (AvgIpc) is 2.65. The highest BCUT2D eigenvalue weighted by molar-refractivity contribution is 5.55. The SMILES string of the molecule is Cc1cc(C#N)cc(C)c1Oc1ccnc(Nc2ccc(C#N)cn2)c1. The van der Waals surface area contributed by atoms with E-state index in [1.807, 2.05) is 19.9 Å². The fraction of sp³-hybridized carbons (Fsp3) is 0.100. The van der Waals surface area contributed by atoms with Gasteiger partial charge in [0.25, 0.3) is 0 Å². The van der Waals surface area contributed by atoms with Crippen molar-refractivity contribution < 1.29 is 4.74 Å². The van der Waals surface area contributed by atoms with Crippen molar-refractivity contribution in [3.63, 3.8) is 0 Å². The number of aryl methyl sites for hydroxylation is 2. The molecule has 0 unspecified atom stereocenters. The summed E-state index contributed by atoms with van der Waals surface area (Å²) in [6.45, 7) is 3.81. The summed E-state index contributed by atoms with van der Waals surface area (Å²) < 4.78 is 6.00. The Morgan fingerprint density at radius 1 is 0.885 bits per heavy atom. The second-order valence-electron chi connectivity index (χ2n) is 5.70. The molecule has 0 spiro atoms. The molecule has 0 fully saturated rings. The largest absolute Gasteiger partial charge is 0.457 e. The number of nitrogens with one attached hydrogen (secondary N) is 1. The minimum atomic E-state index is 0.493. The standard InChI is InChI=1S/C20H15N5O/c1-13-7-16(11-22)8-14(2)20(13)26-17-5-6-23-19(9-17)25-18-4-3-15(10-21)12-24-18/h3-9,12H,1-2H3,(H,23,24,25). The molecule has 0 aliphatic rings. The lowest BCUT2D eigenvalue weighted by atomic mass is 10.1. The molecule has 3 aromatic rings. The summed E-state index contributed by atoms with van der Waals surface area (Å²) in [6.07, 6.45) is 3.13. The number of nitrogens with zero attached hydrogens (tertiary/aromatic N) is 4.